The second-order valence-electron chi connectivity index (χ2n) is 4.78. The van der Waals surface area contributed by atoms with E-state index >= 15 is 0 Å². The summed E-state index contributed by atoms with van der Waals surface area (Å²) >= 11 is 0. The third kappa shape index (κ3) is 3.42. The zero-order chi connectivity index (χ0) is 13.8. The smallest absolute Gasteiger partial charge is 0.330 e. The molecule has 0 unspecified atom stereocenters. The Morgan fingerprint density at radius 3 is 2.84 bits per heavy atom. The highest BCUT2D eigenvalue weighted by atomic mass is 16.6. The lowest BCUT2D eigenvalue weighted by atomic mass is 10.3. The maximum absolute atomic E-state index is 11.0. The summed E-state index contributed by atoms with van der Waals surface area (Å²) < 4.78 is 1.48. The molecule has 0 radical (unpaired) electrons. The van der Waals surface area contributed by atoms with Gasteiger partial charge in [0.05, 0.1) is 4.92 Å². The average molecular weight is 268 g/mol. The minimum absolute atomic E-state index is 0.0605. The van der Waals surface area contributed by atoms with Crippen LogP contribution in [0.1, 0.15) is 0 Å². The Hall–Kier alpha value is -1.67. The van der Waals surface area contributed by atoms with Crippen LogP contribution in [0.4, 0.5) is 11.5 Å². The van der Waals surface area contributed by atoms with E-state index in [-0.39, 0.29) is 10.6 Å². The first-order valence-corrected chi connectivity index (χ1v) is 6.40. The third-order valence-corrected chi connectivity index (χ3v) is 3.31. The zero-order valence-electron chi connectivity index (χ0n) is 11.4. The Morgan fingerprint density at radius 1 is 1.53 bits per heavy atom. The second kappa shape index (κ2) is 5.98. The van der Waals surface area contributed by atoms with Gasteiger partial charge in [0.25, 0.3) is 0 Å². The summed E-state index contributed by atoms with van der Waals surface area (Å²) in [5.41, 5.74) is 0.0605. The van der Waals surface area contributed by atoms with Gasteiger partial charge in [-0.2, -0.15) is 0 Å². The maximum atomic E-state index is 11.0. The van der Waals surface area contributed by atoms with Crippen LogP contribution in [-0.4, -0.2) is 65.9 Å². The predicted molar refractivity (Wildman–Crippen MR) is 72.4 cm³/mol. The van der Waals surface area contributed by atoms with Gasteiger partial charge in [0.2, 0.25) is 5.82 Å². The van der Waals surface area contributed by atoms with Crippen LogP contribution in [0.25, 0.3) is 0 Å². The largest absolute Gasteiger partial charge is 0.351 e. The summed E-state index contributed by atoms with van der Waals surface area (Å²) in [4.78, 5) is 14.8. The molecule has 0 spiro atoms. The van der Waals surface area contributed by atoms with Crippen LogP contribution in [0, 0.1) is 10.1 Å². The lowest BCUT2D eigenvalue weighted by Crippen LogP contribution is -2.46. The minimum atomic E-state index is -0.385. The topological polar surface area (TPSA) is 79.5 Å². The number of rotatable bonds is 5. The summed E-state index contributed by atoms with van der Waals surface area (Å²) in [6.45, 7) is 5.70. The van der Waals surface area contributed by atoms with E-state index in [1.807, 2.05) is 11.9 Å². The second-order valence-corrected chi connectivity index (χ2v) is 4.78. The fourth-order valence-electron chi connectivity index (χ4n) is 2.20. The molecule has 1 N–H and O–H groups in total. The minimum Gasteiger partial charge on any atom is -0.351 e. The van der Waals surface area contributed by atoms with Crippen molar-refractivity contribution in [3.8, 4) is 0 Å². The van der Waals surface area contributed by atoms with Crippen molar-refractivity contribution in [3.63, 3.8) is 0 Å². The number of nitro groups is 1. The van der Waals surface area contributed by atoms with E-state index in [4.69, 9.17) is 0 Å². The molecule has 0 aromatic carbocycles. The van der Waals surface area contributed by atoms with Gasteiger partial charge in [-0.25, -0.2) is 0 Å². The van der Waals surface area contributed by atoms with Gasteiger partial charge in [-0.1, -0.05) is 0 Å². The van der Waals surface area contributed by atoms with Crippen molar-refractivity contribution in [2.45, 2.75) is 0 Å². The summed E-state index contributed by atoms with van der Waals surface area (Å²) in [6.07, 6.45) is 1.44. The molecule has 8 heteroatoms. The van der Waals surface area contributed by atoms with Gasteiger partial charge in [0, 0.05) is 53.4 Å². The molecule has 106 valence electrons. The molecule has 1 aromatic heterocycles. The molecular formula is C11H20N6O2. The number of likely N-dealkylation sites (N-methyl/N-ethyl adjacent to an activating group) is 1. The van der Waals surface area contributed by atoms with E-state index in [0.717, 1.165) is 39.3 Å². The van der Waals surface area contributed by atoms with Crippen molar-refractivity contribution in [1.82, 2.24) is 20.0 Å². The molecule has 1 aliphatic heterocycles. The van der Waals surface area contributed by atoms with E-state index in [9.17, 15) is 10.1 Å². The fraction of sp³-hybridized carbons (Fsp3) is 0.727. The maximum Gasteiger partial charge on any atom is 0.330 e. The van der Waals surface area contributed by atoms with Gasteiger partial charge in [-0.3, -0.25) is 19.7 Å². The van der Waals surface area contributed by atoms with Crippen LogP contribution in [0.2, 0.25) is 0 Å². The number of piperazine rings is 1. The van der Waals surface area contributed by atoms with Gasteiger partial charge in [0.1, 0.15) is 6.20 Å². The van der Waals surface area contributed by atoms with E-state index in [2.05, 4.69) is 15.3 Å². The number of anilines is 1. The Bertz CT molecular complexity index is 440. The lowest BCUT2D eigenvalue weighted by Gasteiger charge is -2.28. The molecule has 1 fully saturated rings. The number of aromatic nitrogens is 2. The van der Waals surface area contributed by atoms with Crippen LogP contribution < -0.4 is 10.2 Å². The first-order valence-electron chi connectivity index (χ1n) is 6.40. The van der Waals surface area contributed by atoms with Gasteiger partial charge >= 0.3 is 5.69 Å². The molecule has 8 nitrogen and oxygen atoms in total. The molecule has 0 amide bonds. The molecule has 0 bridgehead atoms. The van der Waals surface area contributed by atoms with Crippen molar-refractivity contribution >= 4 is 11.5 Å². The third-order valence-electron chi connectivity index (χ3n) is 3.31. The van der Waals surface area contributed by atoms with Crippen LogP contribution in [0.15, 0.2) is 6.20 Å². The quantitative estimate of drug-likeness (QED) is 0.582. The summed E-state index contributed by atoms with van der Waals surface area (Å²) in [7, 11) is 3.54. The first kappa shape index (κ1) is 13.8. The number of aryl methyl sites for hydroxylation is 1. The van der Waals surface area contributed by atoms with Gasteiger partial charge in [-0.15, -0.1) is 5.10 Å². The van der Waals surface area contributed by atoms with Crippen LogP contribution in [0.3, 0.4) is 0 Å². The molecule has 19 heavy (non-hydrogen) atoms. The van der Waals surface area contributed by atoms with Crippen LogP contribution in [0.5, 0.6) is 0 Å². The Labute approximate surface area is 112 Å². The van der Waals surface area contributed by atoms with Crippen molar-refractivity contribution in [2.24, 2.45) is 7.05 Å². The summed E-state index contributed by atoms with van der Waals surface area (Å²) in [5, 5.41) is 18.4. The number of nitrogens with zero attached hydrogens (tertiary/aromatic N) is 5. The van der Waals surface area contributed by atoms with E-state index < -0.39 is 0 Å². The highest BCUT2D eigenvalue weighted by molar-refractivity contribution is 5.56. The SMILES string of the molecule is CN(CCN1CCNCC1)c1nn(C)cc1[N+](=O)[O-]. The Balaban J connectivity index is 1.95. The standard InChI is InChI=1S/C11H20N6O2/c1-14(7-8-16-5-3-12-4-6-16)11-10(17(18)19)9-15(2)13-11/h9,12H,3-8H2,1-2H3. The van der Waals surface area contributed by atoms with Crippen LogP contribution >= 0.6 is 0 Å². The monoisotopic (exact) mass is 268 g/mol. The Morgan fingerprint density at radius 2 is 2.21 bits per heavy atom. The normalized spacial score (nSPS) is 16.5. The molecule has 1 aliphatic rings. The number of hydrogen-bond donors (Lipinski definition) is 1. The van der Waals surface area contributed by atoms with Gasteiger partial charge in [-0.05, 0) is 0 Å². The molecule has 0 aliphatic carbocycles. The van der Waals surface area contributed by atoms with E-state index in [0.29, 0.717) is 5.82 Å². The average Bonchev–Trinajstić information content (AvgIpc) is 2.79. The van der Waals surface area contributed by atoms with E-state index in [1.165, 1.54) is 10.9 Å². The molecule has 2 rings (SSSR count). The Kier molecular flexibility index (Phi) is 4.33. The van der Waals surface area contributed by atoms with Gasteiger partial charge in [0.15, 0.2) is 0 Å². The highest BCUT2D eigenvalue weighted by Gasteiger charge is 2.22. The van der Waals surface area contributed by atoms with Crippen molar-refractivity contribution < 1.29 is 4.92 Å². The predicted octanol–water partition coefficient (Wildman–Crippen LogP) is -0.330. The zero-order valence-corrected chi connectivity index (χ0v) is 11.4. The van der Waals surface area contributed by atoms with Gasteiger partial charge < -0.3 is 10.2 Å². The molecule has 0 atom stereocenters. The van der Waals surface area contributed by atoms with Crippen LogP contribution in [-0.2, 0) is 7.05 Å². The lowest BCUT2D eigenvalue weighted by molar-refractivity contribution is -0.384. The molecule has 0 saturated carbocycles. The molecule has 2 heterocycles. The fourth-order valence-corrected chi connectivity index (χ4v) is 2.20. The van der Waals surface area contributed by atoms with Crippen molar-refractivity contribution in [2.75, 3.05) is 51.2 Å². The number of nitrogens with one attached hydrogen (secondary N) is 1. The van der Waals surface area contributed by atoms with E-state index in [1.54, 1.807) is 7.05 Å². The van der Waals surface area contributed by atoms with Crippen molar-refractivity contribution in [1.29, 1.82) is 0 Å². The summed E-state index contributed by atoms with van der Waals surface area (Å²) in [6, 6.07) is 0. The number of hydrogen-bond acceptors (Lipinski definition) is 6. The molecular weight excluding hydrogens is 248 g/mol. The molecule has 1 aromatic rings. The summed E-state index contributed by atoms with van der Waals surface area (Å²) in [5.74, 6) is 0.433. The first-order chi connectivity index (χ1) is 9.08. The van der Waals surface area contributed by atoms with Crippen molar-refractivity contribution in [3.05, 3.63) is 16.3 Å². The highest BCUT2D eigenvalue weighted by Crippen LogP contribution is 2.24. The molecule has 1 saturated heterocycles.